The highest BCUT2D eigenvalue weighted by molar-refractivity contribution is 6.33. The van der Waals surface area contributed by atoms with Crippen LogP contribution in [0.4, 0.5) is 0 Å². The van der Waals surface area contributed by atoms with E-state index in [-0.39, 0.29) is 0 Å². The van der Waals surface area contributed by atoms with E-state index in [2.05, 4.69) is 4.74 Å². The summed E-state index contributed by atoms with van der Waals surface area (Å²) in [6, 6.07) is 12.3. The van der Waals surface area contributed by atoms with Gasteiger partial charge in [0.2, 0.25) is 0 Å². The highest BCUT2D eigenvalue weighted by Gasteiger charge is 2.44. The van der Waals surface area contributed by atoms with Crippen LogP contribution in [0.1, 0.15) is 25.5 Å². The first-order valence-electron chi connectivity index (χ1n) is 10.7. The zero-order chi connectivity index (χ0) is 24.8. The number of benzene rings is 2. The SMILES string of the molecule is CCOc1ccc(-c2cc([C@@H]3O[C@H](COC(=O)COC(C)=O)[C@@H](O)[C@H](O)[C@H]3O)ccc2Cl)cc1. The summed E-state index contributed by atoms with van der Waals surface area (Å²) in [5, 5.41) is 31.7. The summed E-state index contributed by atoms with van der Waals surface area (Å²) in [5.74, 6) is -0.768. The van der Waals surface area contributed by atoms with Crippen molar-refractivity contribution < 1.29 is 43.9 Å². The molecule has 0 amide bonds. The van der Waals surface area contributed by atoms with Gasteiger partial charge >= 0.3 is 11.9 Å². The van der Waals surface area contributed by atoms with Crippen molar-refractivity contribution in [3.8, 4) is 16.9 Å². The van der Waals surface area contributed by atoms with Crippen LogP contribution < -0.4 is 4.74 Å². The molecule has 1 saturated heterocycles. The van der Waals surface area contributed by atoms with Crippen LogP contribution in [0.15, 0.2) is 42.5 Å². The van der Waals surface area contributed by atoms with Crippen molar-refractivity contribution in [1.82, 2.24) is 0 Å². The van der Waals surface area contributed by atoms with E-state index in [9.17, 15) is 24.9 Å². The molecule has 0 aliphatic carbocycles. The molecule has 2 aromatic rings. The quantitative estimate of drug-likeness (QED) is 0.471. The Hall–Kier alpha value is -2.69. The van der Waals surface area contributed by atoms with Crippen LogP contribution in [0.5, 0.6) is 5.75 Å². The van der Waals surface area contributed by atoms with E-state index < -0.39 is 55.7 Å². The lowest BCUT2D eigenvalue weighted by molar-refractivity contribution is -0.234. The molecule has 1 heterocycles. The molecule has 0 radical (unpaired) electrons. The average Bonchev–Trinajstić information content (AvgIpc) is 2.82. The minimum Gasteiger partial charge on any atom is -0.494 e. The van der Waals surface area contributed by atoms with E-state index in [1.54, 1.807) is 18.2 Å². The van der Waals surface area contributed by atoms with E-state index in [0.717, 1.165) is 12.5 Å². The molecule has 1 aliphatic heterocycles. The number of esters is 2. The summed E-state index contributed by atoms with van der Waals surface area (Å²) in [4.78, 5) is 22.5. The smallest absolute Gasteiger partial charge is 0.344 e. The van der Waals surface area contributed by atoms with Crippen LogP contribution in [-0.2, 0) is 23.8 Å². The summed E-state index contributed by atoms with van der Waals surface area (Å²) < 4.78 is 20.8. The molecular formula is C24H27ClO9. The molecule has 9 nitrogen and oxygen atoms in total. The van der Waals surface area contributed by atoms with Gasteiger partial charge in [-0.3, -0.25) is 4.79 Å². The fourth-order valence-electron chi connectivity index (χ4n) is 3.58. The van der Waals surface area contributed by atoms with E-state index in [0.29, 0.717) is 28.5 Å². The Morgan fingerprint density at radius 2 is 1.71 bits per heavy atom. The van der Waals surface area contributed by atoms with Crippen molar-refractivity contribution in [2.24, 2.45) is 0 Å². The molecule has 0 aromatic heterocycles. The molecule has 34 heavy (non-hydrogen) atoms. The zero-order valence-corrected chi connectivity index (χ0v) is 19.5. The number of aliphatic hydroxyl groups excluding tert-OH is 3. The molecule has 5 atom stereocenters. The number of rotatable bonds is 8. The minimum atomic E-state index is -1.56. The van der Waals surface area contributed by atoms with Gasteiger partial charge in [0.05, 0.1) is 6.61 Å². The Morgan fingerprint density at radius 3 is 2.35 bits per heavy atom. The molecule has 2 aromatic carbocycles. The summed E-state index contributed by atoms with van der Waals surface area (Å²) in [6.45, 7) is 2.58. The molecule has 184 valence electrons. The Labute approximate surface area is 201 Å². The molecule has 1 aliphatic rings. The van der Waals surface area contributed by atoms with Crippen molar-refractivity contribution in [1.29, 1.82) is 0 Å². The van der Waals surface area contributed by atoms with E-state index in [1.807, 2.05) is 31.2 Å². The van der Waals surface area contributed by atoms with Crippen LogP contribution in [0.2, 0.25) is 5.02 Å². The molecule has 0 saturated carbocycles. The number of hydrogen-bond acceptors (Lipinski definition) is 9. The van der Waals surface area contributed by atoms with Gasteiger partial charge in [-0.2, -0.15) is 0 Å². The summed E-state index contributed by atoms with van der Waals surface area (Å²) in [6.07, 6.45) is -6.67. The fourth-order valence-corrected chi connectivity index (χ4v) is 3.81. The second-order valence-electron chi connectivity index (χ2n) is 7.73. The van der Waals surface area contributed by atoms with Gasteiger partial charge in [0.15, 0.2) is 6.61 Å². The van der Waals surface area contributed by atoms with E-state index >= 15 is 0 Å². The summed E-state index contributed by atoms with van der Waals surface area (Å²) in [7, 11) is 0. The third-order valence-corrected chi connectivity index (χ3v) is 5.64. The fraction of sp³-hybridized carbons (Fsp3) is 0.417. The molecule has 1 fully saturated rings. The van der Waals surface area contributed by atoms with E-state index in [1.165, 1.54) is 0 Å². The third-order valence-electron chi connectivity index (χ3n) is 5.31. The first kappa shape index (κ1) is 25.9. The van der Waals surface area contributed by atoms with Crippen LogP contribution in [0, 0.1) is 0 Å². The van der Waals surface area contributed by atoms with Gasteiger partial charge in [-0.05, 0) is 42.3 Å². The van der Waals surface area contributed by atoms with E-state index in [4.69, 9.17) is 25.8 Å². The highest BCUT2D eigenvalue weighted by Crippen LogP contribution is 2.37. The van der Waals surface area contributed by atoms with Crippen molar-refractivity contribution in [2.45, 2.75) is 44.4 Å². The standard InChI is InChI=1S/C24H27ClO9/c1-3-31-16-7-4-14(5-8-16)17-10-15(6-9-18(17)25)24-23(30)22(29)21(28)19(34-24)11-33-20(27)12-32-13(2)26/h4-10,19,21-24,28-30H,3,11-12H2,1-2H3/t19-,21-,22+,23-,24+/m1/s1. The first-order chi connectivity index (χ1) is 16.2. The van der Waals surface area contributed by atoms with Gasteiger partial charge in [-0.15, -0.1) is 0 Å². The van der Waals surface area contributed by atoms with Gasteiger partial charge in [0.1, 0.15) is 42.9 Å². The van der Waals surface area contributed by atoms with Crippen LogP contribution in [0.25, 0.3) is 11.1 Å². The number of carbonyl (C=O) groups excluding carboxylic acids is 2. The highest BCUT2D eigenvalue weighted by atomic mass is 35.5. The number of hydrogen-bond donors (Lipinski definition) is 3. The minimum absolute atomic E-state index is 0.416. The molecule has 3 rings (SSSR count). The zero-order valence-electron chi connectivity index (χ0n) is 18.7. The predicted molar refractivity (Wildman–Crippen MR) is 121 cm³/mol. The average molecular weight is 495 g/mol. The monoisotopic (exact) mass is 494 g/mol. The molecule has 0 spiro atoms. The molecule has 10 heteroatoms. The maximum Gasteiger partial charge on any atom is 0.344 e. The van der Waals surface area contributed by atoms with Crippen molar-refractivity contribution in [3.63, 3.8) is 0 Å². The van der Waals surface area contributed by atoms with Gasteiger partial charge in [-0.25, -0.2) is 4.79 Å². The largest absolute Gasteiger partial charge is 0.494 e. The maximum absolute atomic E-state index is 11.7. The lowest BCUT2D eigenvalue weighted by atomic mass is 9.90. The number of halogens is 1. The van der Waals surface area contributed by atoms with Gasteiger partial charge in [0, 0.05) is 17.5 Å². The molecule has 0 bridgehead atoms. The van der Waals surface area contributed by atoms with Crippen molar-refractivity contribution in [3.05, 3.63) is 53.1 Å². The Morgan fingerprint density at radius 1 is 1.00 bits per heavy atom. The van der Waals surface area contributed by atoms with Crippen LogP contribution in [-0.4, -0.2) is 71.5 Å². The Balaban J connectivity index is 1.78. The molecule has 3 N–H and O–H groups in total. The van der Waals surface area contributed by atoms with Crippen LogP contribution >= 0.6 is 11.6 Å². The molecule has 0 unspecified atom stereocenters. The summed E-state index contributed by atoms with van der Waals surface area (Å²) >= 11 is 6.41. The number of carbonyl (C=O) groups is 2. The first-order valence-corrected chi connectivity index (χ1v) is 11.1. The second kappa shape index (κ2) is 11.6. The predicted octanol–water partition coefficient (Wildman–Crippen LogP) is 2.03. The van der Waals surface area contributed by atoms with Crippen LogP contribution in [0.3, 0.4) is 0 Å². The van der Waals surface area contributed by atoms with Gasteiger partial charge in [-0.1, -0.05) is 29.8 Å². The molecular weight excluding hydrogens is 468 g/mol. The lowest BCUT2D eigenvalue weighted by Crippen LogP contribution is -2.55. The third kappa shape index (κ3) is 6.25. The van der Waals surface area contributed by atoms with Gasteiger partial charge < -0.3 is 34.3 Å². The number of aliphatic hydroxyl groups is 3. The number of ether oxygens (including phenoxy) is 4. The Kier molecular flexibility index (Phi) is 8.87. The summed E-state index contributed by atoms with van der Waals surface area (Å²) in [5.41, 5.74) is 1.98. The maximum atomic E-state index is 11.7. The van der Waals surface area contributed by atoms with Gasteiger partial charge in [0.25, 0.3) is 0 Å². The normalized spacial score (nSPS) is 24.4. The van der Waals surface area contributed by atoms with Crippen molar-refractivity contribution >= 4 is 23.5 Å². The topological polar surface area (TPSA) is 132 Å². The van der Waals surface area contributed by atoms with Crippen molar-refractivity contribution in [2.75, 3.05) is 19.8 Å². The Bertz CT molecular complexity index is 994. The second-order valence-corrected chi connectivity index (χ2v) is 8.13. The lowest BCUT2D eigenvalue weighted by Gasteiger charge is -2.40.